The van der Waals surface area contributed by atoms with Gasteiger partial charge in [-0.1, -0.05) is 13.5 Å². The van der Waals surface area contributed by atoms with Crippen LogP contribution in [0.25, 0.3) is 10.9 Å². The SMILES string of the molecule is C=C(/C=C\C(=NC)OC)C(=O)NC(CC)C1CCC(c2ccnc3c(OC)cc(C(F)(F)F)cc23)CC1. The van der Waals surface area contributed by atoms with Crippen LogP contribution in [-0.2, 0) is 15.7 Å². The molecule has 0 bridgehead atoms. The molecule has 1 unspecified atom stereocenters. The Morgan fingerprint density at radius 1 is 1.24 bits per heavy atom. The monoisotopic (exact) mass is 517 g/mol. The van der Waals surface area contributed by atoms with Crippen LogP contribution in [0.3, 0.4) is 0 Å². The lowest BCUT2D eigenvalue weighted by molar-refractivity contribution is -0.137. The Kier molecular flexibility index (Phi) is 9.34. The quantitative estimate of drug-likeness (QED) is 0.195. The third-order valence-electron chi connectivity index (χ3n) is 7.08. The number of amides is 1. The zero-order chi connectivity index (χ0) is 27.2. The number of aliphatic imine (C=N–C) groups is 1. The van der Waals surface area contributed by atoms with Crippen LogP contribution < -0.4 is 10.1 Å². The van der Waals surface area contributed by atoms with Crippen molar-refractivity contribution in [2.24, 2.45) is 10.9 Å². The van der Waals surface area contributed by atoms with Crippen LogP contribution in [0, 0.1) is 5.92 Å². The first-order valence-electron chi connectivity index (χ1n) is 12.3. The van der Waals surface area contributed by atoms with Crippen LogP contribution in [-0.4, -0.2) is 44.1 Å². The number of aromatic nitrogens is 1. The first kappa shape index (κ1) is 28.2. The molecule has 0 aliphatic heterocycles. The van der Waals surface area contributed by atoms with Crippen LogP contribution in [0.2, 0.25) is 0 Å². The fourth-order valence-corrected chi connectivity index (χ4v) is 5.05. The number of carbonyl (C=O) groups is 1. The van der Waals surface area contributed by atoms with E-state index in [-0.39, 0.29) is 29.5 Å². The van der Waals surface area contributed by atoms with Crippen molar-refractivity contribution in [1.29, 1.82) is 0 Å². The van der Waals surface area contributed by atoms with Gasteiger partial charge in [-0.15, -0.1) is 0 Å². The molecule has 1 aromatic heterocycles. The van der Waals surface area contributed by atoms with Gasteiger partial charge in [0.2, 0.25) is 5.90 Å². The maximum absolute atomic E-state index is 13.5. The predicted molar refractivity (Wildman–Crippen MR) is 139 cm³/mol. The number of hydrogen-bond acceptors (Lipinski definition) is 5. The molecular formula is C28H34F3N3O3. The lowest BCUT2D eigenvalue weighted by Gasteiger charge is -2.34. The number of benzene rings is 1. The molecule has 9 heteroatoms. The van der Waals surface area contributed by atoms with E-state index in [1.807, 2.05) is 13.0 Å². The van der Waals surface area contributed by atoms with Crippen LogP contribution >= 0.6 is 0 Å². The molecule has 1 heterocycles. The van der Waals surface area contributed by atoms with E-state index in [1.165, 1.54) is 20.3 Å². The number of nitrogens with one attached hydrogen (secondary N) is 1. The molecule has 37 heavy (non-hydrogen) atoms. The number of alkyl halides is 3. The Morgan fingerprint density at radius 3 is 2.51 bits per heavy atom. The van der Waals surface area contributed by atoms with Crippen LogP contribution in [0.5, 0.6) is 5.75 Å². The topological polar surface area (TPSA) is 72.8 Å². The molecule has 1 aromatic carbocycles. The van der Waals surface area contributed by atoms with Gasteiger partial charge in [0.25, 0.3) is 5.91 Å². The van der Waals surface area contributed by atoms with Gasteiger partial charge in [-0.2, -0.15) is 13.2 Å². The molecule has 1 fully saturated rings. The number of halogens is 3. The summed E-state index contributed by atoms with van der Waals surface area (Å²) in [6, 6.07) is 3.97. The predicted octanol–water partition coefficient (Wildman–Crippen LogP) is 6.22. The number of fused-ring (bicyclic) bond motifs is 1. The maximum atomic E-state index is 13.5. The summed E-state index contributed by atoms with van der Waals surface area (Å²) in [7, 11) is 4.45. The minimum atomic E-state index is -4.48. The van der Waals surface area contributed by atoms with Crippen molar-refractivity contribution < 1.29 is 27.4 Å². The minimum absolute atomic E-state index is 0.0218. The molecule has 0 spiro atoms. The molecule has 6 nitrogen and oxygen atoms in total. The summed E-state index contributed by atoms with van der Waals surface area (Å²) in [5.74, 6) is 0.627. The normalized spacial score (nSPS) is 19.6. The van der Waals surface area contributed by atoms with E-state index < -0.39 is 11.7 Å². The lowest BCUT2D eigenvalue weighted by Crippen LogP contribution is -2.41. The number of methoxy groups -OCH3 is 2. The van der Waals surface area contributed by atoms with E-state index in [0.29, 0.717) is 22.4 Å². The van der Waals surface area contributed by atoms with E-state index in [2.05, 4.69) is 21.9 Å². The number of rotatable bonds is 8. The second kappa shape index (κ2) is 12.3. The molecule has 200 valence electrons. The molecule has 2 aromatic rings. The zero-order valence-electron chi connectivity index (χ0n) is 21.7. The van der Waals surface area contributed by atoms with Crippen LogP contribution in [0.15, 0.2) is 53.7 Å². The summed E-state index contributed by atoms with van der Waals surface area (Å²) < 4.78 is 50.9. The summed E-state index contributed by atoms with van der Waals surface area (Å²) in [4.78, 5) is 20.9. The van der Waals surface area contributed by atoms with E-state index in [1.54, 1.807) is 25.4 Å². The van der Waals surface area contributed by atoms with Gasteiger partial charge in [0, 0.05) is 36.3 Å². The number of pyridine rings is 1. The third-order valence-corrected chi connectivity index (χ3v) is 7.08. The molecule has 1 atom stereocenters. The molecule has 1 saturated carbocycles. The molecule has 1 N–H and O–H groups in total. The fraction of sp³-hybridized carbons (Fsp3) is 0.464. The highest BCUT2D eigenvalue weighted by atomic mass is 19.4. The minimum Gasteiger partial charge on any atom is -0.494 e. The van der Waals surface area contributed by atoms with Crippen LogP contribution in [0.1, 0.15) is 56.1 Å². The van der Waals surface area contributed by atoms with Gasteiger partial charge >= 0.3 is 6.18 Å². The molecule has 0 radical (unpaired) electrons. The Labute approximate surface area is 215 Å². The average molecular weight is 518 g/mol. The molecule has 0 saturated heterocycles. The summed E-state index contributed by atoms with van der Waals surface area (Å²) >= 11 is 0. The van der Waals surface area contributed by atoms with Crippen LogP contribution in [0.4, 0.5) is 13.2 Å². The van der Waals surface area contributed by atoms with Gasteiger partial charge in [0.15, 0.2) is 0 Å². The van der Waals surface area contributed by atoms with Gasteiger partial charge in [-0.3, -0.25) is 14.8 Å². The molecular weight excluding hydrogens is 483 g/mol. The van der Waals surface area contributed by atoms with Gasteiger partial charge in [0.05, 0.1) is 19.8 Å². The summed E-state index contributed by atoms with van der Waals surface area (Å²) in [6.07, 6.45) is 4.39. The highest BCUT2D eigenvalue weighted by molar-refractivity contribution is 5.98. The van der Waals surface area contributed by atoms with Crippen molar-refractivity contribution >= 4 is 22.7 Å². The average Bonchev–Trinajstić information content (AvgIpc) is 2.90. The molecule has 1 amide bonds. The van der Waals surface area contributed by atoms with Crippen molar-refractivity contribution in [3.63, 3.8) is 0 Å². The van der Waals surface area contributed by atoms with E-state index in [0.717, 1.165) is 43.7 Å². The number of ether oxygens (including phenoxy) is 2. The third kappa shape index (κ3) is 6.70. The molecule has 1 aliphatic carbocycles. The first-order valence-corrected chi connectivity index (χ1v) is 12.3. The zero-order valence-corrected chi connectivity index (χ0v) is 21.7. The maximum Gasteiger partial charge on any atom is 0.416 e. The first-order chi connectivity index (χ1) is 17.6. The smallest absolute Gasteiger partial charge is 0.416 e. The summed E-state index contributed by atoms with van der Waals surface area (Å²) in [5.41, 5.74) is 0.855. The Bertz CT molecular complexity index is 1180. The highest BCUT2D eigenvalue weighted by Gasteiger charge is 2.33. The van der Waals surface area contributed by atoms with Crippen molar-refractivity contribution in [3.8, 4) is 5.75 Å². The van der Waals surface area contributed by atoms with Crippen molar-refractivity contribution in [2.75, 3.05) is 21.3 Å². The summed E-state index contributed by atoms with van der Waals surface area (Å²) in [6.45, 7) is 5.87. The Morgan fingerprint density at radius 2 is 1.95 bits per heavy atom. The van der Waals surface area contributed by atoms with Crippen molar-refractivity contribution in [2.45, 2.75) is 57.2 Å². The standard InChI is InChI=1S/C28H34F3N3O3/c1-6-23(34-27(35)17(2)7-12-25(32-3)37-5)19-10-8-18(9-11-19)21-13-14-33-26-22(21)15-20(28(29,30)31)16-24(26)36-4/h7,12-16,18-19,23H,2,6,8-11H2,1,3-5H3,(H,34,35)/b12-7-,32-25?. The van der Waals surface area contributed by atoms with E-state index >= 15 is 0 Å². The van der Waals surface area contributed by atoms with Gasteiger partial charge < -0.3 is 14.8 Å². The van der Waals surface area contributed by atoms with Gasteiger partial charge in [0.1, 0.15) is 11.3 Å². The second-order valence-electron chi connectivity index (χ2n) is 9.20. The van der Waals surface area contributed by atoms with E-state index in [9.17, 15) is 18.0 Å². The number of carbonyl (C=O) groups excluding carboxylic acids is 1. The summed E-state index contributed by atoms with van der Waals surface area (Å²) in [5, 5.41) is 3.58. The van der Waals surface area contributed by atoms with E-state index in [4.69, 9.17) is 9.47 Å². The van der Waals surface area contributed by atoms with Gasteiger partial charge in [-0.05, 0) is 73.8 Å². The van der Waals surface area contributed by atoms with Gasteiger partial charge in [-0.25, -0.2) is 0 Å². The number of nitrogens with zero attached hydrogens (tertiary/aromatic N) is 2. The van der Waals surface area contributed by atoms with Crippen molar-refractivity contribution in [1.82, 2.24) is 10.3 Å². The molecule has 1 aliphatic rings. The lowest BCUT2D eigenvalue weighted by atomic mass is 9.74. The fourth-order valence-electron chi connectivity index (χ4n) is 5.05. The Hall–Kier alpha value is -3.36. The molecule has 3 rings (SSSR count). The highest BCUT2D eigenvalue weighted by Crippen LogP contribution is 2.43. The second-order valence-corrected chi connectivity index (χ2v) is 9.20. The number of hydrogen-bond donors (Lipinski definition) is 1. The van der Waals surface area contributed by atoms with Crippen molar-refractivity contribution in [3.05, 3.63) is 59.8 Å². The Balaban J connectivity index is 1.73. The largest absolute Gasteiger partial charge is 0.494 e.